The van der Waals surface area contributed by atoms with E-state index in [0.717, 1.165) is 35.5 Å². The first-order valence-corrected chi connectivity index (χ1v) is 11.7. The molecule has 8 nitrogen and oxygen atoms in total. The Labute approximate surface area is 191 Å². The van der Waals surface area contributed by atoms with E-state index in [2.05, 4.69) is 26.6 Å². The summed E-state index contributed by atoms with van der Waals surface area (Å²) in [5, 5.41) is 9.86. The number of carbonyl (C=O) groups is 1. The zero-order valence-electron chi connectivity index (χ0n) is 18.6. The highest BCUT2D eigenvalue weighted by Crippen LogP contribution is 2.31. The minimum atomic E-state index is -0.486. The van der Waals surface area contributed by atoms with Crippen LogP contribution in [0.1, 0.15) is 54.4 Å². The zero-order chi connectivity index (χ0) is 22.5. The van der Waals surface area contributed by atoms with E-state index in [0.29, 0.717) is 11.5 Å². The van der Waals surface area contributed by atoms with Crippen LogP contribution in [0.5, 0.6) is 5.75 Å². The third-order valence-electron chi connectivity index (χ3n) is 5.69. The van der Waals surface area contributed by atoms with Gasteiger partial charge in [-0.1, -0.05) is 18.2 Å². The van der Waals surface area contributed by atoms with Crippen LogP contribution in [0.3, 0.4) is 0 Å². The number of nitrogens with zero attached hydrogens (tertiary/aromatic N) is 4. The predicted molar refractivity (Wildman–Crippen MR) is 121 cm³/mol. The quantitative estimate of drug-likeness (QED) is 0.362. The van der Waals surface area contributed by atoms with Gasteiger partial charge in [-0.05, 0) is 69.3 Å². The normalized spacial score (nSPS) is 15.5. The van der Waals surface area contributed by atoms with Crippen LogP contribution in [0.25, 0.3) is 5.69 Å². The van der Waals surface area contributed by atoms with E-state index in [1.807, 2.05) is 24.3 Å². The van der Waals surface area contributed by atoms with Crippen LogP contribution in [-0.2, 0) is 10.5 Å². The van der Waals surface area contributed by atoms with E-state index in [9.17, 15) is 4.79 Å². The SMILES string of the molecule is COC(=O)c1ccc(CSc2nnc([C@H](C)N3CCCCC3)n2-c2ccc(OC)cc2)o1. The fourth-order valence-corrected chi connectivity index (χ4v) is 4.74. The van der Waals surface area contributed by atoms with Crippen molar-refractivity contribution in [1.82, 2.24) is 19.7 Å². The zero-order valence-corrected chi connectivity index (χ0v) is 19.4. The molecule has 0 unspecified atom stereocenters. The summed E-state index contributed by atoms with van der Waals surface area (Å²) in [5.41, 5.74) is 0.979. The third-order valence-corrected chi connectivity index (χ3v) is 6.64. The fraction of sp³-hybridized carbons (Fsp3) is 0.435. The van der Waals surface area contributed by atoms with Gasteiger partial charge in [-0.3, -0.25) is 9.47 Å². The Balaban J connectivity index is 1.61. The Morgan fingerprint density at radius 2 is 1.84 bits per heavy atom. The average Bonchev–Trinajstić information content (AvgIpc) is 3.49. The summed E-state index contributed by atoms with van der Waals surface area (Å²) >= 11 is 1.52. The number of likely N-dealkylation sites (tertiary alicyclic amines) is 1. The first kappa shape index (κ1) is 22.4. The molecule has 1 aliphatic rings. The summed E-state index contributed by atoms with van der Waals surface area (Å²) < 4.78 is 17.7. The van der Waals surface area contributed by atoms with Gasteiger partial charge in [-0.2, -0.15) is 0 Å². The molecule has 1 fully saturated rings. The molecule has 1 aromatic carbocycles. The molecule has 9 heteroatoms. The number of hydrogen-bond donors (Lipinski definition) is 0. The molecular formula is C23H28N4O4S. The molecule has 0 saturated carbocycles. The topological polar surface area (TPSA) is 82.6 Å². The van der Waals surface area contributed by atoms with Crippen LogP contribution in [0, 0.1) is 0 Å². The van der Waals surface area contributed by atoms with Gasteiger partial charge in [-0.25, -0.2) is 4.79 Å². The molecule has 32 heavy (non-hydrogen) atoms. The molecule has 0 radical (unpaired) electrons. The Morgan fingerprint density at radius 3 is 2.53 bits per heavy atom. The molecule has 0 bridgehead atoms. The lowest BCUT2D eigenvalue weighted by Gasteiger charge is -2.31. The summed E-state index contributed by atoms with van der Waals surface area (Å²) in [6.07, 6.45) is 3.71. The van der Waals surface area contributed by atoms with Crippen molar-refractivity contribution < 1.29 is 18.7 Å². The van der Waals surface area contributed by atoms with Crippen molar-refractivity contribution in [2.24, 2.45) is 0 Å². The number of rotatable bonds is 8. The fourth-order valence-electron chi connectivity index (χ4n) is 3.89. The van der Waals surface area contributed by atoms with Crippen molar-refractivity contribution in [1.29, 1.82) is 0 Å². The number of carbonyl (C=O) groups excluding carboxylic acids is 1. The standard InChI is InChI=1S/C23H28N4O4S/c1-16(26-13-5-4-6-14-26)21-24-25-23(27(21)17-7-9-18(29-2)10-8-17)32-15-19-11-12-20(31-19)22(28)30-3/h7-12,16H,4-6,13-15H2,1-3H3/t16-/m0/s1. The van der Waals surface area contributed by atoms with Crippen LogP contribution in [-0.4, -0.2) is 52.9 Å². The third kappa shape index (κ3) is 4.83. The molecule has 1 atom stereocenters. The Morgan fingerprint density at radius 1 is 1.09 bits per heavy atom. The largest absolute Gasteiger partial charge is 0.497 e. The summed E-state index contributed by atoms with van der Waals surface area (Å²) in [6, 6.07) is 11.5. The molecule has 1 saturated heterocycles. The van der Waals surface area contributed by atoms with Gasteiger partial charge >= 0.3 is 5.97 Å². The molecule has 1 aliphatic heterocycles. The van der Waals surface area contributed by atoms with Gasteiger partial charge in [0, 0.05) is 5.69 Å². The molecule has 3 aromatic rings. The number of furan rings is 1. The molecule has 2 aromatic heterocycles. The summed E-state index contributed by atoms with van der Waals surface area (Å²) in [7, 11) is 2.99. The number of aromatic nitrogens is 3. The maximum Gasteiger partial charge on any atom is 0.373 e. The number of hydrogen-bond acceptors (Lipinski definition) is 8. The first-order chi connectivity index (χ1) is 15.6. The van der Waals surface area contributed by atoms with Crippen LogP contribution in [0.2, 0.25) is 0 Å². The van der Waals surface area contributed by atoms with E-state index in [1.165, 1.54) is 38.1 Å². The predicted octanol–water partition coefficient (Wildman–Crippen LogP) is 4.49. The van der Waals surface area contributed by atoms with Gasteiger partial charge < -0.3 is 13.9 Å². The van der Waals surface area contributed by atoms with Crippen molar-refractivity contribution in [2.75, 3.05) is 27.3 Å². The van der Waals surface area contributed by atoms with Crippen molar-refractivity contribution in [2.45, 2.75) is 43.1 Å². The van der Waals surface area contributed by atoms with Crippen molar-refractivity contribution in [3.63, 3.8) is 0 Å². The second-order valence-corrected chi connectivity index (χ2v) is 8.64. The minimum absolute atomic E-state index is 0.147. The minimum Gasteiger partial charge on any atom is -0.497 e. The van der Waals surface area contributed by atoms with Crippen LogP contribution in [0.15, 0.2) is 46.0 Å². The Hall–Kier alpha value is -2.78. The van der Waals surface area contributed by atoms with Crippen molar-refractivity contribution >= 4 is 17.7 Å². The van der Waals surface area contributed by atoms with E-state index >= 15 is 0 Å². The molecule has 0 spiro atoms. The second kappa shape index (κ2) is 10.2. The monoisotopic (exact) mass is 456 g/mol. The van der Waals surface area contributed by atoms with E-state index in [4.69, 9.17) is 13.9 Å². The van der Waals surface area contributed by atoms with Gasteiger partial charge in [0.1, 0.15) is 11.5 Å². The molecule has 170 valence electrons. The maximum absolute atomic E-state index is 11.7. The van der Waals surface area contributed by atoms with E-state index in [-0.39, 0.29) is 11.8 Å². The molecule has 0 amide bonds. The van der Waals surface area contributed by atoms with Gasteiger partial charge in [0.05, 0.1) is 26.0 Å². The molecule has 0 N–H and O–H groups in total. The maximum atomic E-state index is 11.7. The number of thioether (sulfide) groups is 1. The van der Waals surface area contributed by atoms with Crippen molar-refractivity contribution in [3.8, 4) is 11.4 Å². The summed E-state index contributed by atoms with van der Waals surface area (Å²) in [4.78, 5) is 14.1. The van der Waals surface area contributed by atoms with Gasteiger partial charge in [0.2, 0.25) is 5.76 Å². The lowest BCUT2D eigenvalue weighted by atomic mass is 10.1. The molecule has 4 rings (SSSR count). The van der Waals surface area contributed by atoms with Crippen LogP contribution in [0.4, 0.5) is 0 Å². The van der Waals surface area contributed by atoms with Gasteiger partial charge in [-0.15, -0.1) is 10.2 Å². The Kier molecular flexibility index (Phi) is 7.16. The van der Waals surface area contributed by atoms with E-state index in [1.54, 1.807) is 19.2 Å². The highest BCUT2D eigenvalue weighted by Gasteiger charge is 2.26. The number of esters is 1. The van der Waals surface area contributed by atoms with E-state index < -0.39 is 5.97 Å². The lowest BCUT2D eigenvalue weighted by Crippen LogP contribution is -2.33. The van der Waals surface area contributed by atoms with Gasteiger partial charge in [0.25, 0.3) is 0 Å². The molecular weight excluding hydrogens is 428 g/mol. The number of piperidine rings is 1. The number of ether oxygens (including phenoxy) is 2. The smallest absolute Gasteiger partial charge is 0.373 e. The average molecular weight is 457 g/mol. The number of benzene rings is 1. The van der Waals surface area contributed by atoms with Crippen LogP contribution < -0.4 is 4.74 Å². The van der Waals surface area contributed by atoms with Gasteiger partial charge in [0.15, 0.2) is 11.0 Å². The molecule has 3 heterocycles. The summed E-state index contributed by atoms with van der Waals surface area (Å²) in [5.74, 6) is 2.61. The summed E-state index contributed by atoms with van der Waals surface area (Å²) in [6.45, 7) is 4.34. The highest BCUT2D eigenvalue weighted by molar-refractivity contribution is 7.98. The number of methoxy groups -OCH3 is 2. The van der Waals surface area contributed by atoms with Crippen molar-refractivity contribution in [3.05, 3.63) is 53.7 Å². The van der Waals surface area contributed by atoms with Crippen LogP contribution >= 0.6 is 11.8 Å². The Bertz CT molecular complexity index is 1040. The second-order valence-electron chi connectivity index (χ2n) is 7.69. The lowest BCUT2D eigenvalue weighted by molar-refractivity contribution is 0.0563. The highest BCUT2D eigenvalue weighted by atomic mass is 32.2. The molecule has 0 aliphatic carbocycles. The first-order valence-electron chi connectivity index (χ1n) is 10.7.